The number of aliphatic hydroxyl groups excluding tert-OH is 1. The van der Waals surface area contributed by atoms with Gasteiger partial charge in [0, 0.05) is 12.4 Å². The molecular formula is C12H12F2N2O2. The average Bonchev–Trinajstić information content (AvgIpc) is 2.85. The summed E-state index contributed by atoms with van der Waals surface area (Å²) in [6, 6.07) is 6.80. The molecule has 0 saturated carbocycles. The van der Waals surface area contributed by atoms with Crippen LogP contribution in [-0.4, -0.2) is 14.7 Å². The molecular weight excluding hydrogens is 242 g/mol. The Morgan fingerprint density at radius 2 is 2.22 bits per heavy atom. The highest BCUT2D eigenvalue weighted by Gasteiger charge is 2.11. The zero-order valence-electron chi connectivity index (χ0n) is 9.46. The van der Waals surface area contributed by atoms with E-state index >= 15 is 0 Å². The lowest BCUT2D eigenvalue weighted by Crippen LogP contribution is -2.07. The predicted molar refractivity (Wildman–Crippen MR) is 60.2 cm³/mol. The number of hydrogen-bond acceptors (Lipinski definition) is 3. The number of aliphatic hydroxyl groups is 1. The van der Waals surface area contributed by atoms with Gasteiger partial charge in [0.05, 0.1) is 6.61 Å². The minimum absolute atomic E-state index is 0.0494. The lowest BCUT2D eigenvalue weighted by Gasteiger charge is -2.09. The number of hydrogen-bond donors (Lipinski definition) is 1. The average molecular weight is 254 g/mol. The highest BCUT2D eigenvalue weighted by Crippen LogP contribution is 2.17. The predicted octanol–water partition coefficient (Wildman–Crippen LogP) is 2.35. The van der Waals surface area contributed by atoms with Crippen LogP contribution in [0.4, 0.5) is 8.78 Å². The van der Waals surface area contributed by atoms with Crippen LogP contribution in [-0.2, 0) is 13.2 Å². The first kappa shape index (κ1) is 12.5. The summed E-state index contributed by atoms with van der Waals surface area (Å²) in [5.74, 6) is 0.657. The summed E-state index contributed by atoms with van der Waals surface area (Å²) >= 11 is 0. The molecule has 0 amide bonds. The second-order valence-electron chi connectivity index (χ2n) is 3.62. The lowest BCUT2D eigenvalue weighted by atomic mass is 10.2. The molecule has 0 unspecified atom stereocenters. The molecule has 1 heterocycles. The van der Waals surface area contributed by atoms with Gasteiger partial charge in [-0.15, -0.1) is 0 Å². The molecule has 6 heteroatoms. The molecule has 4 nitrogen and oxygen atoms in total. The number of alkyl halides is 2. The van der Waals surface area contributed by atoms with Gasteiger partial charge in [-0.25, -0.2) is 4.98 Å². The highest BCUT2D eigenvalue weighted by molar-refractivity contribution is 5.28. The van der Waals surface area contributed by atoms with Crippen LogP contribution in [0, 0.1) is 0 Å². The maximum Gasteiger partial charge on any atom is 0.320 e. The molecule has 0 atom stereocenters. The standard InChI is InChI=1S/C12H12F2N2O2/c13-12(14)16-5-4-15-11(16)8-18-10-3-1-2-9(6-10)7-17/h1-6,12,17H,7-8H2. The Balaban J connectivity index is 2.04. The normalized spacial score (nSPS) is 10.9. The van der Waals surface area contributed by atoms with Crippen molar-refractivity contribution in [1.82, 2.24) is 9.55 Å². The molecule has 0 fully saturated rings. The molecule has 1 N–H and O–H groups in total. The molecule has 1 aromatic carbocycles. The number of rotatable bonds is 5. The minimum atomic E-state index is -2.63. The molecule has 18 heavy (non-hydrogen) atoms. The van der Waals surface area contributed by atoms with Gasteiger partial charge < -0.3 is 9.84 Å². The van der Waals surface area contributed by atoms with Gasteiger partial charge in [-0.1, -0.05) is 12.1 Å². The second kappa shape index (κ2) is 5.59. The minimum Gasteiger partial charge on any atom is -0.486 e. The third kappa shape index (κ3) is 2.84. The third-order valence-corrected chi connectivity index (χ3v) is 2.41. The Morgan fingerprint density at radius 3 is 2.94 bits per heavy atom. The molecule has 0 aliphatic rings. The number of halogens is 2. The van der Waals surface area contributed by atoms with Gasteiger partial charge in [0.1, 0.15) is 12.4 Å². The molecule has 2 aromatic rings. The second-order valence-corrected chi connectivity index (χ2v) is 3.62. The van der Waals surface area contributed by atoms with Gasteiger partial charge in [0.2, 0.25) is 0 Å². The number of benzene rings is 1. The Morgan fingerprint density at radius 1 is 1.39 bits per heavy atom. The van der Waals surface area contributed by atoms with Crippen molar-refractivity contribution < 1.29 is 18.6 Å². The van der Waals surface area contributed by atoms with E-state index in [2.05, 4.69) is 4.98 Å². The van der Waals surface area contributed by atoms with Gasteiger partial charge in [0.25, 0.3) is 0 Å². The van der Waals surface area contributed by atoms with Crippen LogP contribution in [0.1, 0.15) is 17.9 Å². The molecule has 0 aliphatic carbocycles. The summed E-state index contributed by atoms with van der Waals surface area (Å²) in [7, 11) is 0. The SMILES string of the molecule is OCc1cccc(OCc2nccn2C(F)F)c1. The van der Waals surface area contributed by atoms with Gasteiger partial charge in [-0.2, -0.15) is 8.78 Å². The first-order valence-corrected chi connectivity index (χ1v) is 5.33. The molecule has 0 bridgehead atoms. The largest absolute Gasteiger partial charge is 0.486 e. The van der Waals surface area contributed by atoms with Gasteiger partial charge in [-0.05, 0) is 17.7 Å². The van der Waals surface area contributed by atoms with E-state index in [4.69, 9.17) is 9.84 Å². The lowest BCUT2D eigenvalue weighted by molar-refractivity contribution is 0.0632. The Labute approximate surface area is 102 Å². The van der Waals surface area contributed by atoms with E-state index in [0.29, 0.717) is 11.3 Å². The fraction of sp³-hybridized carbons (Fsp3) is 0.250. The summed E-state index contributed by atoms with van der Waals surface area (Å²) in [5, 5.41) is 8.96. The van der Waals surface area contributed by atoms with Crippen molar-refractivity contribution in [2.75, 3.05) is 0 Å². The summed E-state index contributed by atoms with van der Waals surface area (Å²) in [4.78, 5) is 3.80. The zero-order valence-corrected chi connectivity index (χ0v) is 9.46. The van der Waals surface area contributed by atoms with E-state index < -0.39 is 6.55 Å². The van der Waals surface area contributed by atoms with Crippen molar-refractivity contribution in [2.45, 2.75) is 19.8 Å². The van der Waals surface area contributed by atoms with Crippen LogP contribution in [0.2, 0.25) is 0 Å². The smallest absolute Gasteiger partial charge is 0.320 e. The number of ether oxygens (including phenoxy) is 1. The monoisotopic (exact) mass is 254 g/mol. The van der Waals surface area contributed by atoms with Crippen molar-refractivity contribution in [3.05, 3.63) is 48.0 Å². The van der Waals surface area contributed by atoms with Crippen molar-refractivity contribution in [1.29, 1.82) is 0 Å². The number of nitrogens with zero attached hydrogens (tertiary/aromatic N) is 2. The summed E-state index contributed by atoms with van der Waals surface area (Å²) in [6.07, 6.45) is 2.50. The zero-order chi connectivity index (χ0) is 13.0. The Hall–Kier alpha value is -1.95. The first-order valence-electron chi connectivity index (χ1n) is 5.33. The van der Waals surface area contributed by atoms with Crippen LogP contribution in [0.15, 0.2) is 36.7 Å². The summed E-state index contributed by atoms with van der Waals surface area (Å²) in [5.41, 5.74) is 0.699. The summed E-state index contributed by atoms with van der Waals surface area (Å²) in [6.45, 7) is -2.77. The van der Waals surface area contributed by atoms with Gasteiger partial charge in [0.15, 0.2) is 5.82 Å². The quantitative estimate of drug-likeness (QED) is 0.890. The van der Waals surface area contributed by atoms with Crippen LogP contribution < -0.4 is 4.74 Å². The van der Waals surface area contributed by atoms with Crippen molar-refractivity contribution in [3.63, 3.8) is 0 Å². The maximum absolute atomic E-state index is 12.5. The van der Waals surface area contributed by atoms with Gasteiger partial charge in [-0.3, -0.25) is 4.57 Å². The van der Waals surface area contributed by atoms with Crippen LogP contribution in [0.5, 0.6) is 5.75 Å². The highest BCUT2D eigenvalue weighted by atomic mass is 19.3. The van der Waals surface area contributed by atoms with Crippen molar-refractivity contribution in [2.24, 2.45) is 0 Å². The maximum atomic E-state index is 12.5. The Bertz CT molecular complexity index is 514. The molecule has 96 valence electrons. The third-order valence-electron chi connectivity index (χ3n) is 2.41. The van der Waals surface area contributed by atoms with Crippen molar-refractivity contribution in [3.8, 4) is 5.75 Å². The summed E-state index contributed by atoms with van der Waals surface area (Å²) < 4.78 is 31.2. The van der Waals surface area contributed by atoms with E-state index in [1.54, 1.807) is 24.3 Å². The van der Waals surface area contributed by atoms with E-state index in [-0.39, 0.29) is 19.0 Å². The molecule has 0 saturated heterocycles. The Kier molecular flexibility index (Phi) is 3.88. The molecule has 1 aromatic heterocycles. The fourth-order valence-electron chi connectivity index (χ4n) is 1.51. The van der Waals surface area contributed by atoms with Crippen LogP contribution in [0.3, 0.4) is 0 Å². The fourth-order valence-corrected chi connectivity index (χ4v) is 1.51. The van der Waals surface area contributed by atoms with E-state index in [1.165, 1.54) is 12.4 Å². The molecule has 0 aliphatic heterocycles. The van der Waals surface area contributed by atoms with E-state index in [1.807, 2.05) is 0 Å². The molecule has 0 spiro atoms. The molecule has 2 rings (SSSR count). The number of imidazole rings is 1. The topological polar surface area (TPSA) is 47.3 Å². The molecule has 0 radical (unpaired) electrons. The van der Waals surface area contributed by atoms with Crippen LogP contribution in [0.25, 0.3) is 0 Å². The first-order chi connectivity index (χ1) is 8.70. The van der Waals surface area contributed by atoms with Gasteiger partial charge >= 0.3 is 6.55 Å². The van der Waals surface area contributed by atoms with E-state index in [9.17, 15) is 8.78 Å². The van der Waals surface area contributed by atoms with E-state index in [0.717, 1.165) is 4.57 Å². The van der Waals surface area contributed by atoms with Crippen molar-refractivity contribution >= 4 is 0 Å². The van der Waals surface area contributed by atoms with Crippen LogP contribution >= 0.6 is 0 Å². The number of aromatic nitrogens is 2.